The highest BCUT2D eigenvalue weighted by molar-refractivity contribution is 5.97. The van der Waals surface area contributed by atoms with Crippen LogP contribution in [0.1, 0.15) is 30.6 Å². The van der Waals surface area contributed by atoms with Crippen LogP contribution in [0.4, 0.5) is 5.82 Å². The molecule has 0 aliphatic heterocycles. The van der Waals surface area contributed by atoms with Gasteiger partial charge in [-0.1, -0.05) is 6.92 Å². The Balaban J connectivity index is 2.60. The van der Waals surface area contributed by atoms with E-state index in [1.807, 2.05) is 6.92 Å². The predicted molar refractivity (Wildman–Crippen MR) is 74.0 cm³/mol. The molecule has 3 N–H and O–H groups in total. The van der Waals surface area contributed by atoms with E-state index in [2.05, 4.69) is 20.9 Å². The molecule has 2 amide bonds. The molecule has 104 valence electrons. The van der Waals surface area contributed by atoms with Crippen LogP contribution in [0.25, 0.3) is 0 Å². The number of anilines is 1. The van der Waals surface area contributed by atoms with E-state index >= 15 is 0 Å². The van der Waals surface area contributed by atoms with Crippen molar-refractivity contribution in [2.24, 2.45) is 0 Å². The summed E-state index contributed by atoms with van der Waals surface area (Å²) in [6.45, 7) is 4.24. The molecule has 1 heterocycles. The van der Waals surface area contributed by atoms with Gasteiger partial charge in [0.1, 0.15) is 11.9 Å². The van der Waals surface area contributed by atoms with Crippen molar-refractivity contribution in [3.05, 3.63) is 23.9 Å². The van der Waals surface area contributed by atoms with E-state index in [-0.39, 0.29) is 11.8 Å². The molecule has 0 aliphatic carbocycles. The van der Waals surface area contributed by atoms with Gasteiger partial charge in [0.05, 0.1) is 0 Å². The van der Waals surface area contributed by atoms with Crippen LogP contribution in [0.2, 0.25) is 0 Å². The van der Waals surface area contributed by atoms with E-state index in [0.717, 1.165) is 6.42 Å². The number of nitrogens with one attached hydrogen (secondary N) is 3. The van der Waals surface area contributed by atoms with E-state index in [1.54, 1.807) is 32.3 Å². The molecule has 0 bridgehead atoms. The maximum absolute atomic E-state index is 12.0. The van der Waals surface area contributed by atoms with Crippen LogP contribution in [-0.2, 0) is 4.79 Å². The molecule has 6 nitrogen and oxygen atoms in total. The first-order valence-corrected chi connectivity index (χ1v) is 6.30. The summed E-state index contributed by atoms with van der Waals surface area (Å²) in [4.78, 5) is 27.6. The van der Waals surface area contributed by atoms with Crippen LogP contribution < -0.4 is 16.0 Å². The van der Waals surface area contributed by atoms with E-state index in [4.69, 9.17) is 0 Å². The maximum atomic E-state index is 12.0. The van der Waals surface area contributed by atoms with E-state index in [1.165, 1.54) is 0 Å². The van der Waals surface area contributed by atoms with Gasteiger partial charge in [-0.05, 0) is 25.5 Å². The minimum atomic E-state index is -0.565. The molecule has 1 atom stereocenters. The van der Waals surface area contributed by atoms with Gasteiger partial charge < -0.3 is 16.0 Å². The number of carbonyl (C=O) groups is 2. The summed E-state index contributed by atoms with van der Waals surface area (Å²) >= 11 is 0. The number of amides is 2. The molecular formula is C13H20N4O2. The van der Waals surface area contributed by atoms with Crippen molar-refractivity contribution in [1.82, 2.24) is 15.6 Å². The van der Waals surface area contributed by atoms with Crippen molar-refractivity contribution in [2.45, 2.75) is 26.3 Å². The fourth-order valence-electron chi connectivity index (χ4n) is 1.46. The molecule has 1 aromatic heterocycles. The minimum Gasteiger partial charge on any atom is -0.373 e. The zero-order valence-electron chi connectivity index (χ0n) is 11.5. The molecule has 0 aromatic carbocycles. The summed E-state index contributed by atoms with van der Waals surface area (Å²) in [7, 11) is 1.73. The highest BCUT2D eigenvalue weighted by Gasteiger charge is 2.16. The second-order valence-corrected chi connectivity index (χ2v) is 4.17. The van der Waals surface area contributed by atoms with Gasteiger partial charge in [-0.2, -0.15) is 0 Å². The Morgan fingerprint density at radius 1 is 1.42 bits per heavy atom. The van der Waals surface area contributed by atoms with Gasteiger partial charge in [0.2, 0.25) is 5.91 Å². The van der Waals surface area contributed by atoms with E-state index in [0.29, 0.717) is 17.9 Å². The third-order valence-corrected chi connectivity index (χ3v) is 2.57. The average molecular weight is 264 g/mol. The molecule has 0 radical (unpaired) electrons. The summed E-state index contributed by atoms with van der Waals surface area (Å²) in [5, 5.41) is 8.24. The molecule has 0 saturated carbocycles. The molecule has 6 heteroatoms. The topological polar surface area (TPSA) is 83.1 Å². The van der Waals surface area contributed by atoms with Crippen LogP contribution in [0.15, 0.2) is 18.3 Å². The quantitative estimate of drug-likeness (QED) is 0.708. The lowest BCUT2D eigenvalue weighted by molar-refractivity contribution is -0.122. The molecule has 19 heavy (non-hydrogen) atoms. The van der Waals surface area contributed by atoms with Crippen molar-refractivity contribution in [1.29, 1.82) is 0 Å². The first kappa shape index (κ1) is 14.9. The normalized spacial score (nSPS) is 11.5. The summed E-state index contributed by atoms with van der Waals surface area (Å²) < 4.78 is 0. The van der Waals surface area contributed by atoms with Gasteiger partial charge in [0.25, 0.3) is 5.91 Å². The highest BCUT2D eigenvalue weighted by Crippen LogP contribution is 2.05. The predicted octanol–water partition coefficient (Wildman–Crippen LogP) is 0.768. The summed E-state index contributed by atoms with van der Waals surface area (Å²) in [5.74, 6) is 0.131. The van der Waals surface area contributed by atoms with Crippen molar-refractivity contribution in [3.63, 3.8) is 0 Å². The number of hydrogen-bond acceptors (Lipinski definition) is 4. The maximum Gasteiger partial charge on any atom is 0.252 e. The Hall–Kier alpha value is -2.11. The average Bonchev–Trinajstić information content (AvgIpc) is 2.44. The third-order valence-electron chi connectivity index (χ3n) is 2.57. The SMILES string of the molecule is CCCNC(=O)C(C)NC(=O)c1ccnc(NC)c1. The second-order valence-electron chi connectivity index (χ2n) is 4.17. The lowest BCUT2D eigenvalue weighted by atomic mass is 10.2. The Bertz CT molecular complexity index is 448. The number of carbonyl (C=O) groups excluding carboxylic acids is 2. The summed E-state index contributed by atoms with van der Waals surface area (Å²) in [6, 6.07) is 2.67. The largest absolute Gasteiger partial charge is 0.373 e. The van der Waals surface area contributed by atoms with Crippen LogP contribution in [-0.4, -0.2) is 36.4 Å². The van der Waals surface area contributed by atoms with Crippen LogP contribution in [0.3, 0.4) is 0 Å². The number of aromatic nitrogens is 1. The fraction of sp³-hybridized carbons (Fsp3) is 0.462. The number of nitrogens with zero attached hydrogens (tertiary/aromatic N) is 1. The minimum absolute atomic E-state index is 0.182. The molecular weight excluding hydrogens is 244 g/mol. The lowest BCUT2D eigenvalue weighted by Crippen LogP contribution is -2.45. The zero-order chi connectivity index (χ0) is 14.3. The standard InChI is InChI=1S/C13H20N4O2/c1-4-6-16-12(18)9(2)17-13(19)10-5-7-15-11(8-10)14-3/h5,7-9H,4,6H2,1-3H3,(H,14,15)(H,16,18)(H,17,19). The van der Waals surface area contributed by atoms with Crippen molar-refractivity contribution in [2.75, 3.05) is 18.9 Å². The zero-order valence-corrected chi connectivity index (χ0v) is 11.5. The van der Waals surface area contributed by atoms with Gasteiger partial charge in [0, 0.05) is 25.4 Å². The number of pyridine rings is 1. The van der Waals surface area contributed by atoms with Crippen LogP contribution in [0, 0.1) is 0 Å². The molecule has 1 unspecified atom stereocenters. The van der Waals surface area contributed by atoms with Crippen LogP contribution in [0.5, 0.6) is 0 Å². The van der Waals surface area contributed by atoms with Crippen molar-refractivity contribution < 1.29 is 9.59 Å². The molecule has 0 spiro atoms. The second kappa shape index (κ2) is 7.35. The lowest BCUT2D eigenvalue weighted by Gasteiger charge is -2.14. The molecule has 1 rings (SSSR count). The van der Waals surface area contributed by atoms with Gasteiger partial charge >= 0.3 is 0 Å². The Morgan fingerprint density at radius 3 is 2.79 bits per heavy atom. The summed E-state index contributed by atoms with van der Waals surface area (Å²) in [6.07, 6.45) is 2.41. The first-order valence-electron chi connectivity index (χ1n) is 6.30. The van der Waals surface area contributed by atoms with Crippen molar-refractivity contribution in [3.8, 4) is 0 Å². The van der Waals surface area contributed by atoms with Gasteiger partial charge in [-0.3, -0.25) is 9.59 Å². The smallest absolute Gasteiger partial charge is 0.252 e. The third kappa shape index (κ3) is 4.57. The van der Waals surface area contributed by atoms with E-state index < -0.39 is 6.04 Å². The van der Waals surface area contributed by atoms with Crippen LogP contribution >= 0.6 is 0 Å². The molecule has 0 fully saturated rings. The Kier molecular flexibility index (Phi) is 5.78. The number of rotatable bonds is 6. The molecule has 0 aliphatic rings. The fourth-order valence-corrected chi connectivity index (χ4v) is 1.46. The van der Waals surface area contributed by atoms with Gasteiger partial charge in [-0.15, -0.1) is 0 Å². The Morgan fingerprint density at radius 2 is 2.16 bits per heavy atom. The van der Waals surface area contributed by atoms with Gasteiger partial charge in [-0.25, -0.2) is 4.98 Å². The molecule has 0 saturated heterocycles. The number of hydrogen-bond donors (Lipinski definition) is 3. The monoisotopic (exact) mass is 264 g/mol. The van der Waals surface area contributed by atoms with Gasteiger partial charge in [0.15, 0.2) is 0 Å². The molecule has 1 aromatic rings. The van der Waals surface area contributed by atoms with E-state index in [9.17, 15) is 9.59 Å². The Labute approximate surface area is 113 Å². The first-order chi connectivity index (χ1) is 9.08. The summed E-state index contributed by atoms with van der Waals surface area (Å²) in [5.41, 5.74) is 0.467. The van der Waals surface area contributed by atoms with Crippen molar-refractivity contribution >= 4 is 17.6 Å². The highest BCUT2D eigenvalue weighted by atomic mass is 16.2.